The summed E-state index contributed by atoms with van der Waals surface area (Å²) in [6, 6.07) is 8.45. The van der Waals surface area contributed by atoms with Crippen molar-refractivity contribution < 1.29 is 13.9 Å². The highest BCUT2D eigenvalue weighted by atomic mass is 19.1. The molecule has 0 saturated carbocycles. The Morgan fingerprint density at radius 1 is 1.23 bits per heavy atom. The van der Waals surface area contributed by atoms with Gasteiger partial charge in [0.1, 0.15) is 5.82 Å². The molecule has 3 heterocycles. The summed E-state index contributed by atoms with van der Waals surface area (Å²) in [5, 5.41) is 8.29. The van der Waals surface area contributed by atoms with Gasteiger partial charge in [0.05, 0.1) is 36.7 Å². The Morgan fingerprint density at radius 3 is 2.61 bits per heavy atom. The molecule has 0 aliphatic carbocycles. The molecule has 0 radical (unpaired) electrons. The van der Waals surface area contributed by atoms with Gasteiger partial charge < -0.3 is 10.1 Å². The first kappa shape index (κ1) is 21.4. The summed E-state index contributed by atoms with van der Waals surface area (Å²) in [6.45, 7) is 9.16. The quantitative estimate of drug-likeness (QED) is 0.656. The molecule has 0 spiro atoms. The largest absolute Gasteiger partial charge is 0.379 e. The first-order valence-corrected chi connectivity index (χ1v) is 10.6. The van der Waals surface area contributed by atoms with E-state index in [0.717, 1.165) is 29.7 Å². The molecule has 1 atom stereocenters. The van der Waals surface area contributed by atoms with Crippen molar-refractivity contribution in [3.63, 3.8) is 0 Å². The normalized spacial score (nSPS) is 16.0. The Hall–Kier alpha value is -2.84. The minimum absolute atomic E-state index is 0.0610. The minimum atomic E-state index is -0.273. The number of halogens is 1. The number of aromatic nitrogens is 3. The van der Waals surface area contributed by atoms with Crippen molar-refractivity contribution in [2.45, 2.75) is 32.9 Å². The lowest BCUT2D eigenvalue weighted by atomic mass is 10.0. The van der Waals surface area contributed by atoms with Crippen LogP contribution in [0.15, 0.2) is 36.5 Å². The third-order valence-electron chi connectivity index (χ3n) is 5.69. The summed E-state index contributed by atoms with van der Waals surface area (Å²) in [4.78, 5) is 19.9. The zero-order valence-electron chi connectivity index (χ0n) is 18.1. The average Bonchev–Trinajstić information content (AvgIpc) is 3.18. The first-order chi connectivity index (χ1) is 14.9. The monoisotopic (exact) mass is 425 g/mol. The SMILES string of the molecule is Cc1nc2c(cnn2C(C)C)cc1C(=O)NCC(c1ccc(F)cc1)N1CCOCC1. The van der Waals surface area contributed by atoms with Crippen molar-refractivity contribution in [1.82, 2.24) is 25.0 Å². The molecule has 31 heavy (non-hydrogen) atoms. The van der Waals surface area contributed by atoms with E-state index in [9.17, 15) is 9.18 Å². The highest BCUT2D eigenvalue weighted by Crippen LogP contribution is 2.23. The maximum absolute atomic E-state index is 13.4. The molecule has 8 heteroatoms. The van der Waals surface area contributed by atoms with E-state index in [1.807, 2.05) is 31.5 Å². The van der Waals surface area contributed by atoms with Crippen LogP contribution in [0.2, 0.25) is 0 Å². The van der Waals surface area contributed by atoms with Crippen LogP contribution in [0.4, 0.5) is 4.39 Å². The van der Waals surface area contributed by atoms with Crippen LogP contribution in [-0.4, -0.2) is 58.4 Å². The molecule has 1 aromatic carbocycles. The number of nitrogens with one attached hydrogen (secondary N) is 1. The van der Waals surface area contributed by atoms with E-state index in [-0.39, 0.29) is 23.8 Å². The van der Waals surface area contributed by atoms with Gasteiger partial charge in [-0.1, -0.05) is 12.1 Å². The summed E-state index contributed by atoms with van der Waals surface area (Å²) < 4.78 is 20.8. The van der Waals surface area contributed by atoms with Crippen molar-refractivity contribution in [3.8, 4) is 0 Å². The summed E-state index contributed by atoms with van der Waals surface area (Å²) in [6.07, 6.45) is 1.74. The predicted molar refractivity (Wildman–Crippen MR) is 117 cm³/mol. The lowest BCUT2D eigenvalue weighted by Crippen LogP contribution is -2.43. The van der Waals surface area contributed by atoms with E-state index < -0.39 is 0 Å². The minimum Gasteiger partial charge on any atom is -0.379 e. The number of benzene rings is 1. The fourth-order valence-electron chi connectivity index (χ4n) is 3.99. The Bertz CT molecular complexity index is 1060. The molecular weight excluding hydrogens is 397 g/mol. The van der Waals surface area contributed by atoms with Crippen molar-refractivity contribution in [2.75, 3.05) is 32.8 Å². The topological polar surface area (TPSA) is 72.3 Å². The zero-order valence-corrected chi connectivity index (χ0v) is 18.1. The molecule has 1 amide bonds. The number of fused-ring (bicyclic) bond motifs is 1. The van der Waals surface area contributed by atoms with Gasteiger partial charge in [-0.2, -0.15) is 5.10 Å². The molecule has 4 rings (SSSR count). The second kappa shape index (κ2) is 9.11. The molecule has 7 nitrogen and oxygen atoms in total. The van der Waals surface area contributed by atoms with Gasteiger partial charge in [0.2, 0.25) is 0 Å². The lowest BCUT2D eigenvalue weighted by molar-refractivity contribution is 0.0162. The standard InChI is InChI=1S/C23H28FN5O2/c1-15(2)29-22-18(13-26-29)12-20(16(3)27-22)23(30)25-14-21(28-8-10-31-11-9-28)17-4-6-19(24)7-5-17/h4-7,12-13,15,21H,8-11,14H2,1-3H3,(H,25,30). The highest BCUT2D eigenvalue weighted by molar-refractivity contribution is 5.98. The second-order valence-electron chi connectivity index (χ2n) is 8.14. The summed E-state index contributed by atoms with van der Waals surface area (Å²) in [5.41, 5.74) is 2.95. The fourth-order valence-corrected chi connectivity index (χ4v) is 3.99. The fraction of sp³-hybridized carbons (Fsp3) is 0.435. The molecule has 164 valence electrons. The average molecular weight is 426 g/mol. The number of aryl methyl sites for hydroxylation is 1. The van der Waals surface area contributed by atoms with Crippen molar-refractivity contribution in [1.29, 1.82) is 0 Å². The van der Waals surface area contributed by atoms with Crippen LogP contribution < -0.4 is 5.32 Å². The summed E-state index contributed by atoms with van der Waals surface area (Å²) in [5.74, 6) is -0.449. The molecule has 1 unspecified atom stereocenters. The van der Waals surface area contributed by atoms with Gasteiger partial charge in [0, 0.05) is 31.1 Å². The molecule has 1 aliphatic rings. The van der Waals surface area contributed by atoms with E-state index in [1.165, 1.54) is 12.1 Å². The maximum atomic E-state index is 13.4. The number of carbonyl (C=O) groups is 1. The van der Waals surface area contributed by atoms with E-state index in [4.69, 9.17) is 4.74 Å². The third kappa shape index (κ3) is 4.60. The van der Waals surface area contributed by atoms with E-state index in [2.05, 4.69) is 20.3 Å². The number of ether oxygens (including phenoxy) is 1. The maximum Gasteiger partial charge on any atom is 0.253 e. The molecule has 1 aliphatic heterocycles. The van der Waals surface area contributed by atoms with Crippen LogP contribution in [0.1, 0.15) is 47.5 Å². The number of morpholine rings is 1. The van der Waals surface area contributed by atoms with Crippen LogP contribution in [0.3, 0.4) is 0 Å². The molecule has 2 aromatic heterocycles. The molecular formula is C23H28FN5O2. The third-order valence-corrected chi connectivity index (χ3v) is 5.69. The molecule has 1 fully saturated rings. The van der Waals surface area contributed by atoms with Crippen LogP contribution >= 0.6 is 0 Å². The van der Waals surface area contributed by atoms with Gasteiger partial charge >= 0.3 is 0 Å². The number of rotatable bonds is 6. The second-order valence-corrected chi connectivity index (χ2v) is 8.14. The zero-order chi connectivity index (χ0) is 22.0. The summed E-state index contributed by atoms with van der Waals surface area (Å²) in [7, 11) is 0. The van der Waals surface area contributed by atoms with Crippen LogP contribution in [0.5, 0.6) is 0 Å². The van der Waals surface area contributed by atoms with E-state index in [0.29, 0.717) is 31.0 Å². The van der Waals surface area contributed by atoms with Crippen LogP contribution in [0, 0.1) is 12.7 Å². The summed E-state index contributed by atoms with van der Waals surface area (Å²) >= 11 is 0. The van der Waals surface area contributed by atoms with Gasteiger partial charge in [0.15, 0.2) is 5.65 Å². The van der Waals surface area contributed by atoms with Gasteiger partial charge in [-0.15, -0.1) is 0 Å². The van der Waals surface area contributed by atoms with Gasteiger partial charge in [0.25, 0.3) is 5.91 Å². The van der Waals surface area contributed by atoms with Gasteiger partial charge in [-0.05, 0) is 44.5 Å². The molecule has 1 N–H and O–H groups in total. The Kier molecular flexibility index (Phi) is 6.29. The van der Waals surface area contributed by atoms with Crippen molar-refractivity contribution in [3.05, 3.63) is 59.2 Å². The van der Waals surface area contributed by atoms with Crippen molar-refractivity contribution in [2.24, 2.45) is 0 Å². The number of carbonyl (C=O) groups excluding carboxylic acids is 1. The number of hydrogen-bond acceptors (Lipinski definition) is 5. The van der Waals surface area contributed by atoms with Gasteiger partial charge in [-0.25, -0.2) is 14.1 Å². The predicted octanol–water partition coefficient (Wildman–Crippen LogP) is 3.26. The Labute approximate surface area is 181 Å². The Balaban J connectivity index is 1.54. The first-order valence-electron chi connectivity index (χ1n) is 10.6. The van der Waals surface area contributed by atoms with Crippen LogP contribution in [0.25, 0.3) is 11.0 Å². The van der Waals surface area contributed by atoms with E-state index >= 15 is 0 Å². The number of hydrogen-bond donors (Lipinski definition) is 1. The highest BCUT2D eigenvalue weighted by Gasteiger charge is 2.24. The Morgan fingerprint density at radius 2 is 1.94 bits per heavy atom. The number of nitrogens with zero attached hydrogens (tertiary/aromatic N) is 4. The smallest absolute Gasteiger partial charge is 0.253 e. The molecule has 3 aromatic rings. The number of amides is 1. The molecule has 0 bridgehead atoms. The van der Waals surface area contributed by atoms with E-state index in [1.54, 1.807) is 18.3 Å². The van der Waals surface area contributed by atoms with Crippen molar-refractivity contribution >= 4 is 16.9 Å². The van der Waals surface area contributed by atoms with Crippen LogP contribution in [-0.2, 0) is 4.74 Å². The lowest BCUT2D eigenvalue weighted by Gasteiger charge is -2.35. The number of pyridine rings is 1. The molecule has 1 saturated heterocycles. The van der Waals surface area contributed by atoms with Gasteiger partial charge in [-0.3, -0.25) is 9.69 Å².